The Morgan fingerprint density at radius 1 is 1.18 bits per heavy atom. The standard InChI is InChI=1S/C18H23N3O/c1-14-10-15(2)12-17(11-14)18(22)20-8-4-16(5-9-20)13-21-7-3-6-19-21/h3,6-7,10-12,16H,4-5,8-9,13H2,1-2H3. The van der Waals surface area contributed by atoms with Crippen LogP contribution in [-0.2, 0) is 6.54 Å². The Kier molecular flexibility index (Phi) is 4.27. The lowest BCUT2D eigenvalue weighted by atomic mass is 9.96. The molecule has 1 amide bonds. The van der Waals surface area contributed by atoms with E-state index in [0.717, 1.165) is 49.2 Å². The predicted molar refractivity (Wildman–Crippen MR) is 86.8 cm³/mol. The highest BCUT2D eigenvalue weighted by Gasteiger charge is 2.24. The van der Waals surface area contributed by atoms with E-state index in [1.165, 1.54) is 0 Å². The summed E-state index contributed by atoms with van der Waals surface area (Å²) in [5.74, 6) is 0.785. The molecule has 0 N–H and O–H groups in total. The summed E-state index contributed by atoms with van der Waals surface area (Å²) < 4.78 is 1.99. The molecule has 1 aliphatic heterocycles. The molecule has 1 saturated heterocycles. The van der Waals surface area contributed by atoms with Gasteiger partial charge in [-0.15, -0.1) is 0 Å². The van der Waals surface area contributed by atoms with Gasteiger partial charge in [0.15, 0.2) is 0 Å². The van der Waals surface area contributed by atoms with E-state index >= 15 is 0 Å². The van der Waals surface area contributed by atoms with Crippen LogP contribution in [0.3, 0.4) is 0 Å². The van der Waals surface area contributed by atoms with E-state index in [9.17, 15) is 4.79 Å². The van der Waals surface area contributed by atoms with Crippen LogP contribution in [-0.4, -0.2) is 33.7 Å². The van der Waals surface area contributed by atoms with Crippen LogP contribution in [0.25, 0.3) is 0 Å². The van der Waals surface area contributed by atoms with Crippen molar-refractivity contribution in [1.82, 2.24) is 14.7 Å². The van der Waals surface area contributed by atoms with E-state index in [4.69, 9.17) is 0 Å². The first-order valence-corrected chi connectivity index (χ1v) is 7.97. The normalized spacial score (nSPS) is 16.0. The summed E-state index contributed by atoms with van der Waals surface area (Å²) in [5.41, 5.74) is 3.12. The molecule has 4 heteroatoms. The highest BCUT2D eigenvalue weighted by atomic mass is 16.2. The van der Waals surface area contributed by atoms with Crippen molar-refractivity contribution in [2.24, 2.45) is 5.92 Å². The first-order chi connectivity index (χ1) is 10.6. The third-order valence-corrected chi connectivity index (χ3v) is 4.37. The first-order valence-electron chi connectivity index (χ1n) is 7.97. The number of likely N-dealkylation sites (tertiary alicyclic amines) is 1. The van der Waals surface area contributed by atoms with Crippen molar-refractivity contribution in [2.75, 3.05) is 13.1 Å². The van der Waals surface area contributed by atoms with Crippen LogP contribution in [0.4, 0.5) is 0 Å². The highest BCUT2D eigenvalue weighted by molar-refractivity contribution is 5.94. The van der Waals surface area contributed by atoms with Gasteiger partial charge in [0.25, 0.3) is 5.91 Å². The number of hydrogen-bond acceptors (Lipinski definition) is 2. The van der Waals surface area contributed by atoms with Gasteiger partial charge < -0.3 is 4.90 Å². The SMILES string of the molecule is Cc1cc(C)cc(C(=O)N2CCC(Cn3cccn3)CC2)c1. The van der Waals surface area contributed by atoms with Crippen LogP contribution in [0.5, 0.6) is 0 Å². The van der Waals surface area contributed by atoms with Crippen LogP contribution in [0.15, 0.2) is 36.7 Å². The Balaban J connectivity index is 1.59. The maximum Gasteiger partial charge on any atom is 0.253 e. The zero-order valence-electron chi connectivity index (χ0n) is 13.3. The Morgan fingerprint density at radius 2 is 1.86 bits per heavy atom. The lowest BCUT2D eigenvalue weighted by Gasteiger charge is -2.32. The fraction of sp³-hybridized carbons (Fsp3) is 0.444. The first kappa shape index (κ1) is 14.8. The van der Waals surface area contributed by atoms with E-state index in [1.54, 1.807) is 0 Å². The number of carbonyl (C=O) groups excluding carboxylic acids is 1. The van der Waals surface area contributed by atoms with Gasteiger partial charge in [-0.05, 0) is 50.8 Å². The van der Waals surface area contributed by atoms with E-state index < -0.39 is 0 Å². The fourth-order valence-corrected chi connectivity index (χ4v) is 3.27. The van der Waals surface area contributed by atoms with Gasteiger partial charge in [0.05, 0.1) is 0 Å². The molecule has 0 bridgehead atoms. The average molecular weight is 297 g/mol. The molecule has 1 aromatic heterocycles. The number of benzene rings is 1. The van der Waals surface area contributed by atoms with Gasteiger partial charge in [-0.25, -0.2) is 0 Å². The third-order valence-electron chi connectivity index (χ3n) is 4.37. The van der Waals surface area contributed by atoms with E-state index in [0.29, 0.717) is 5.92 Å². The van der Waals surface area contributed by atoms with Gasteiger partial charge in [0.2, 0.25) is 0 Å². The van der Waals surface area contributed by atoms with Crippen molar-refractivity contribution in [3.05, 3.63) is 53.3 Å². The zero-order valence-corrected chi connectivity index (χ0v) is 13.3. The van der Waals surface area contributed by atoms with Gasteiger partial charge in [-0.2, -0.15) is 5.10 Å². The molecule has 3 rings (SSSR count). The Hall–Kier alpha value is -2.10. The number of piperidine rings is 1. The molecular weight excluding hydrogens is 274 g/mol. The summed E-state index contributed by atoms with van der Waals surface area (Å²) in [7, 11) is 0. The monoisotopic (exact) mass is 297 g/mol. The Labute approximate surface area is 131 Å². The minimum absolute atomic E-state index is 0.171. The average Bonchev–Trinajstić information content (AvgIpc) is 2.99. The summed E-state index contributed by atoms with van der Waals surface area (Å²) in [6.45, 7) is 6.73. The van der Waals surface area contributed by atoms with E-state index in [2.05, 4.69) is 11.2 Å². The highest BCUT2D eigenvalue weighted by Crippen LogP contribution is 2.21. The summed E-state index contributed by atoms with van der Waals surface area (Å²) >= 11 is 0. The molecule has 0 saturated carbocycles. The lowest BCUT2D eigenvalue weighted by Crippen LogP contribution is -2.39. The zero-order chi connectivity index (χ0) is 15.5. The second kappa shape index (κ2) is 6.34. The predicted octanol–water partition coefficient (Wildman–Crippen LogP) is 3.05. The quantitative estimate of drug-likeness (QED) is 0.873. The van der Waals surface area contributed by atoms with Crippen molar-refractivity contribution >= 4 is 5.91 Å². The number of hydrogen-bond donors (Lipinski definition) is 0. The summed E-state index contributed by atoms with van der Waals surface area (Å²) in [6.07, 6.45) is 5.93. The van der Waals surface area contributed by atoms with Crippen molar-refractivity contribution in [3.8, 4) is 0 Å². The molecule has 1 fully saturated rings. The minimum atomic E-state index is 0.171. The topological polar surface area (TPSA) is 38.1 Å². The number of amides is 1. The lowest BCUT2D eigenvalue weighted by molar-refractivity contribution is 0.0681. The molecule has 2 heterocycles. The smallest absolute Gasteiger partial charge is 0.253 e. The van der Waals surface area contributed by atoms with Gasteiger partial charge in [0, 0.05) is 37.6 Å². The van der Waals surface area contributed by atoms with Crippen LogP contribution in [0.2, 0.25) is 0 Å². The van der Waals surface area contributed by atoms with Crippen LogP contribution >= 0.6 is 0 Å². The molecule has 22 heavy (non-hydrogen) atoms. The van der Waals surface area contributed by atoms with Crippen molar-refractivity contribution < 1.29 is 4.79 Å². The number of carbonyl (C=O) groups is 1. The number of rotatable bonds is 3. The molecule has 0 spiro atoms. The molecule has 116 valence electrons. The van der Waals surface area contributed by atoms with E-state index in [1.807, 2.05) is 54.0 Å². The molecule has 0 unspecified atom stereocenters. The molecule has 1 aliphatic rings. The molecule has 0 aliphatic carbocycles. The summed E-state index contributed by atoms with van der Waals surface area (Å²) in [6, 6.07) is 8.04. The Bertz CT molecular complexity index is 620. The van der Waals surface area contributed by atoms with Gasteiger partial charge in [-0.1, -0.05) is 17.2 Å². The van der Waals surface area contributed by atoms with Crippen molar-refractivity contribution in [2.45, 2.75) is 33.2 Å². The van der Waals surface area contributed by atoms with Crippen molar-refractivity contribution in [1.29, 1.82) is 0 Å². The van der Waals surface area contributed by atoms with E-state index in [-0.39, 0.29) is 5.91 Å². The van der Waals surface area contributed by atoms with Gasteiger partial charge in [-0.3, -0.25) is 9.48 Å². The van der Waals surface area contributed by atoms with Crippen molar-refractivity contribution in [3.63, 3.8) is 0 Å². The second-order valence-electron chi connectivity index (χ2n) is 6.34. The number of aryl methyl sites for hydroxylation is 2. The largest absolute Gasteiger partial charge is 0.339 e. The molecule has 0 atom stereocenters. The Morgan fingerprint density at radius 3 is 2.45 bits per heavy atom. The fourth-order valence-electron chi connectivity index (χ4n) is 3.27. The minimum Gasteiger partial charge on any atom is -0.339 e. The maximum absolute atomic E-state index is 12.6. The maximum atomic E-state index is 12.6. The number of aromatic nitrogens is 2. The molecule has 2 aromatic rings. The van der Waals surface area contributed by atoms with Crippen LogP contribution < -0.4 is 0 Å². The third kappa shape index (κ3) is 3.38. The molecule has 0 radical (unpaired) electrons. The summed E-state index contributed by atoms with van der Waals surface area (Å²) in [5, 5.41) is 4.27. The molecular formula is C18H23N3O. The molecule has 1 aromatic carbocycles. The number of nitrogens with zero attached hydrogens (tertiary/aromatic N) is 3. The van der Waals surface area contributed by atoms with Gasteiger partial charge >= 0.3 is 0 Å². The molecule has 4 nitrogen and oxygen atoms in total. The second-order valence-corrected chi connectivity index (χ2v) is 6.34. The van der Waals surface area contributed by atoms with Crippen LogP contribution in [0.1, 0.15) is 34.3 Å². The van der Waals surface area contributed by atoms with Crippen LogP contribution in [0, 0.1) is 19.8 Å². The van der Waals surface area contributed by atoms with Gasteiger partial charge in [0.1, 0.15) is 0 Å². The summed E-state index contributed by atoms with van der Waals surface area (Å²) in [4.78, 5) is 14.6.